The number of aromatic nitrogens is 5. The van der Waals surface area contributed by atoms with Gasteiger partial charge in [-0.3, -0.25) is 3.97 Å². The van der Waals surface area contributed by atoms with Crippen LogP contribution in [0, 0.1) is 4.91 Å². The number of hydrogen-bond donors (Lipinski definition) is 1. The lowest BCUT2D eigenvalue weighted by Gasteiger charge is -2.07. The van der Waals surface area contributed by atoms with Gasteiger partial charge in [0, 0.05) is 76.8 Å². The quantitative estimate of drug-likeness (QED) is 0.207. The molecule has 1 aliphatic carbocycles. The van der Waals surface area contributed by atoms with Gasteiger partial charge in [0.05, 0.1) is 11.2 Å². The van der Waals surface area contributed by atoms with Crippen LogP contribution in [0.3, 0.4) is 0 Å². The molecule has 3 aromatic heterocycles. The van der Waals surface area contributed by atoms with Gasteiger partial charge in [0.1, 0.15) is 6.54 Å². The van der Waals surface area contributed by atoms with Gasteiger partial charge in [0.25, 0.3) is 0 Å². The standard InChI is InChI=1S/C21H20IN7O2S/c1-11(2)25-21-28-27-20(31-21)13-5-6-17-15(7-13)16(10-29(17)32-22)19-23-8-14(9-24-30)18(26-19)12-3-4-12/h5-8,10-12H,3-4,9H2,1-2H3,(H,25,28). The molecule has 1 saturated carbocycles. The zero-order chi connectivity index (χ0) is 22.2. The molecular formula is C21H20IN7O2S. The summed E-state index contributed by atoms with van der Waals surface area (Å²) in [7, 11) is 1.57. The Hall–Kier alpha value is -2.54. The second-order valence-electron chi connectivity index (χ2n) is 8.05. The molecule has 0 bridgehead atoms. The Morgan fingerprint density at radius 2 is 2.19 bits per heavy atom. The van der Waals surface area contributed by atoms with Crippen LogP contribution < -0.4 is 5.32 Å². The first-order valence-corrected chi connectivity index (χ1v) is 13.6. The summed E-state index contributed by atoms with van der Waals surface area (Å²) in [5, 5.41) is 15.4. The van der Waals surface area contributed by atoms with E-state index in [4.69, 9.17) is 9.40 Å². The van der Waals surface area contributed by atoms with Gasteiger partial charge in [-0.25, -0.2) is 9.97 Å². The largest absolute Gasteiger partial charge is 0.403 e. The highest BCUT2D eigenvalue weighted by Gasteiger charge is 2.29. The minimum Gasteiger partial charge on any atom is -0.403 e. The third kappa shape index (κ3) is 4.10. The van der Waals surface area contributed by atoms with Crippen molar-refractivity contribution < 1.29 is 4.42 Å². The molecule has 4 aromatic rings. The molecule has 1 N–H and O–H groups in total. The number of nitroso groups, excluding NO2 is 1. The van der Waals surface area contributed by atoms with Crippen LogP contribution in [-0.4, -0.2) is 30.2 Å². The van der Waals surface area contributed by atoms with Crippen molar-refractivity contribution in [3.05, 3.63) is 46.8 Å². The summed E-state index contributed by atoms with van der Waals surface area (Å²) in [6.07, 6.45) is 5.95. The van der Waals surface area contributed by atoms with Gasteiger partial charge in [-0.05, 0) is 44.9 Å². The maximum Gasteiger partial charge on any atom is 0.315 e. The van der Waals surface area contributed by atoms with Crippen LogP contribution in [0.15, 0.2) is 40.2 Å². The summed E-state index contributed by atoms with van der Waals surface area (Å²) in [6.45, 7) is 4.13. The van der Waals surface area contributed by atoms with Crippen LogP contribution in [0.25, 0.3) is 33.7 Å². The molecule has 9 nitrogen and oxygen atoms in total. The predicted octanol–water partition coefficient (Wildman–Crippen LogP) is 5.96. The third-order valence-corrected chi connectivity index (χ3v) is 6.99. The number of nitrogens with one attached hydrogen (secondary N) is 1. The Bertz CT molecular complexity index is 1300. The Balaban J connectivity index is 1.60. The van der Waals surface area contributed by atoms with E-state index in [9.17, 15) is 4.91 Å². The van der Waals surface area contributed by atoms with E-state index >= 15 is 0 Å². The van der Waals surface area contributed by atoms with Crippen LogP contribution in [-0.2, 0) is 6.54 Å². The predicted molar refractivity (Wildman–Crippen MR) is 133 cm³/mol. The van der Waals surface area contributed by atoms with Crippen LogP contribution in [0.1, 0.15) is 43.9 Å². The minimum atomic E-state index is 0.103. The summed E-state index contributed by atoms with van der Waals surface area (Å²) in [4.78, 5) is 20.3. The van der Waals surface area contributed by atoms with Crippen molar-refractivity contribution in [2.24, 2.45) is 5.18 Å². The monoisotopic (exact) mass is 561 g/mol. The second-order valence-corrected chi connectivity index (χ2v) is 9.76. The van der Waals surface area contributed by atoms with E-state index in [1.165, 1.54) is 0 Å². The molecule has 5 rings (SSSR count). The Labute approximate surface area is 200 Å². The molecule has 0 spiro atoms. The number of halogens is 1. The van der Waals surface area contributed by atoms with Crippen molar-refractivity contribution in [2.45, 2.75) is 45.2 Å². The lowest BCUT2D eigenvalue weighted by atomic mass is 10.1. The zero-order valence-corrected chi connectivity index (χ0v) is 20.4. The number of hydrogen-bond acceptors (Lipinski definition) is 9. The van der Waals surface area contributed by atoms with E-state index in [0.29, 0.717) is 23.6 Å². The van der Waals surface area contributed by atoms with Crippen LogP contribution in [0.4, 0.5) is 6.01 Å². The number of rotatable bonds is 8. The van der Waals surface area contributed by atoms with Crippen molar-refractivity contribution in [1.82, 2.24) is 24.1 Å². The first kappa shape index (κ1) is 21.3. The SMILES string of the molecule is CC(C)Nc1nnc(-c2ccc3c(c2)c(-c2ncc(CN=O)c(C4CC4)n2)cn3SI)o1. The molecule has 3 heterocycles. The molecule has 164 valence electrons. The van der Waals surface area contributed by atoms with Gasteiger partial charge in [-0.2, -0.15) is 4.91 Å². The Kier molecular flexibility index (Phi) is 5.84. The van der Waals surface area contributed by atoms with Crippen LogP contribution in [0.2, 0.25) is 0 Å². The summed E-state index contributed by atoms with van der Waals surface area (Å²) in [6, 6.07) is 6.63. The van der Waals surface area contributed by atoms with E-state index in [1.807, 2.05) is 38.2 Å². The van der Waals surface area contributed by atoms with Crippen LogP contribution in [0.5, 0.6) is 0 Å². The fourth-order valence-corrected chi connectivity index (χ4v) is 5.02. The van der Waals surface area contributed by atoms with Gasteiger partial charge in [0.2, 0.25) is 5.89 Å². The fraction of sp³-hybridized carbons (Fsp3) is 0.333. The summed E-state index contributed by atoms with van der Waals surface area (Å²) >= 11 is 2.25. The van der Waals surface area contributed by atoms with E-state index in [0.717, 1.165) is 46.1 Å². The molecule has 0 radical (unpaired) electrons. The highest BCUT2D eigenvalue weighted by Crippen LogP contribution is 2.42. The lowest BCUT2D eigenvalue weighted by molar-refractivity contribution is 0.574. The Morgan fingerprint density at radius 3 is 2.91 bits per heavy atom. The number of benzene rings is 1. The summed E-state index contributed by atoms with van der Waals surface area (Å²) in [5.74, 6) is 1.48. The van der Waals surface area contributed by atoms with Crippen molar-refractivity contribution in [2.75, 3.05) is 5.32 Å². The molecule has 11 heteroatoms. The lowest BCUT2D eigenvalue weighted by Crippen LogP contribution is -2.09. The van der Waals surface area contributed by atoms with Gasteiger partial charge >= 0.3 is 6.01 Å². The van der Waals surface area contributed by atoms with E-state index in [-0.39, 0.29) is 12.6 Å². The molecule has 0 saturated heterocycles. The van der Waals surface area contributed by atoms with E-state index in [2.05, 4.69) is 50.9 Å². The van der Waals surface area contributed by atoms with E-state index < -0.39 is 0 Å². The molecular weight excluding hydrogens is 541 g/mol. The zero-order valence-electron chi connectivity index (χ0n) is 17.4. The molecule has 0 aliphatic heterocycles. The highest BCUT2D eigenvalue weighted by atomic mass is 127. The fourth-order valence-electron chi connectivity index (χ4n) is 3.67. The summed E-state index contributed by atoms with van der Waals surface area (Å²) < 4.78 is 7.87. The van der Waals surface area contributed by atoms with Gasteiger partial charge in [-0.1, -0.05) is 10.3 Å². The van der Waals surface area contributed by atoms with Gasteiger partial charge < -0.3 is 9.73 Å². The van der Waals surface area contributed by atoms with Gasteiger partial charge in [-0.15, -0.1) is 5.10 Å². The Morgan fingerprint density at radius 1 is 1.34 bits per heavy atom. The average molecular weight is 561 g/mol. The average Bonchev–Trinajstić information content (AvgIpc) is 3.42. The maximum atomic E-state index is 10.8. The van der Waals surface area contributed by atoms with Crippen molar-refractivity contribution >= 4 is 47.2 Å². The third-order valence-electron chi connectivity index (χ3n) is 5.27. The molecule has 1 aliphatic rings. The van der Waals surface area contributed by atoms with Crippen LogP contribution >= 0.6 is 30.3 Å². The second kappa shape index (κ2) is 8.77. The highest BCUT2D eigenvalue weighted by molar-refractivity contribution is 14.2. The van der Waals surface area contributed by atoms with Gasteiger partial charge in [0.15, 0.2) is 5.82 Å². The molecule has 0 amide bonds. The molecule has 32 heavy (non-hydrogen) atoms. The number of nitrogens with zero attached hydrogens (tertiary/aromatic N) is 6. The van der Waals surface area contributed by atoms with Crippen molar-refractivity contribution in [1.29, 1.82) is 0 Å². The molecule has 0 unspecified atom stereocenters. The molecule has 1 aromatic carbocycles. The smallest absolute Gasteiger partial charge is 0.315 e. The minimum absolute atomic E-state index is 0.103. The summed E-state index contributed by atoms with van der Waals surface area (Å²) in [5.41, 5.74) is 4.53. The number of anilines is 1. The van der Waals surface area contributed by atoms with Crippen molar-refractivity contribution in [3.63, 3.8) is 0 Å². The van der Waals surface area contributed by atoms with Crippen molar-refractivity contribution in [3.8, 4) is 22.8 Å². The maximum absolute atomic E-state index is 10.8. The molecule has 1 fully saturated rings. The van der Waals surface area contributed by atoms with E-state index in [1.54, 1.807) is 15.3 Å². The molecule has 0 atom stereocenters. The first-order valence-electron chi connectivity index (χ1n) is 10.3. The normalized spacial score (nSPS) is 13.8. The first-order chi connectivity index (χ1) is 15.6. The number of fused-ring (bicyclic) bond motifs is 1. The topological polar surface area (TPSA) is 111 Å².